The molecule has 2 unspecified atom stereocenters. The van der Waals surface area contributed by atoms with Crippen molar-refractivity contribution in [1.29, 1.82) is 0 Å². The van der Waals surface area contributed by atoms with Crippen LogP contribution in [0.25, 0.3) is 0 Å². The molecule has 4 N–H and O–H groups in total. The summed E-state index contributed by atoms with van der Waals surface area (Å²) in [6.07, 6.45) is 0. The lowest BCUT2D eigenvalue weighted by Crippen LogP contribution is -2.47. The van der Waals surface area contributed by atoms with Crippen LogP contribution >= 0.6 is 15.9 Å². The van der Waals surface area contributed by atoms with E-state index in [0.717, 1.165) is 0 Å². The van der Waals surface area contributed by atoms with Gasteiger partial charge in [-0.1, -0.05) is 15.9 Å². The maximum absolute atomic E-state index is 12.3. The lowest BCUT2D eigenvalue weighted by molar-refractivity contribution is -0.125. The molecule has 1 heterocycles. The van der Waals surface area contributed by atoms with Crippen molar-refractivity contribution in [2.24, 2.45) is 11.1 Å². The van der Waals surface area contributed by atoms with Crippen molar-refractivity contribution in [3.63, 3.8) is 0 Å². The highest BCUT2D eigenvalue weighted by Gasteiger charge is 2.44. The molecule has 2 rings (SSSR count). The van der Waals surface area contributed by atoms with Gasteiger partial charge >= 0.3 is 5.97 Å². The Morgan fingerprint density at radius 3 is 2.75 bits per heavy atom. The quantitative estimate of drug-likeness (QED) is 0.771. The first-order valence-corrected chi connectivity index (χ1v) is 6.81. The summed E-state index contributed by atoms with van der Waals surface area (Å²) in [4.78, 5) is 23.3. The minimum Gasteiger partial charge on any atom is -0.478 e. The first-order valence-electron chi connectivity index (χ1n) is 6.01. The van der Waals surface area contributed by atoms with Crippen molar-refractivity contribution in [3.05, 3.63) is 28.2 Å². The molecule has 1 aromatic carbocycles. The van der Waals surface area contributed by atoms with Crippen LogP contribution in [0.3, 0.4) is 0 Å². The molecule has 108 valence electrons. The molecule has 0 spiro atoms. The first kappa shape index (κ1) is 15.0. The number of aromatic carboxylic acids is 1. The van der Waals surface area contributed by atoms with Gasteiger partial charge in [-0.3, -0.25) is 4.79 Å². The molecule has 0 radical (unpaired) electrons. The maximum atomic E-state index is 12.3. The summed E-state index contributed by atoms with van der Waals surface area (Å²) in [6, 6.07) is 4.11. The zero-order valence-electron chi connectivity index (χ0n) is 10.9. The molecule has 1 aliphatic rings. The highest BCUT2D eigenvalue weighted by molar-refractivity contribution is 9.10. The van der Waals surface area contributed by atoms with Gasteiger partial charge in [0, 0.05) is 16.2 Å². The number of amides is 1. The molecule has 7 heteroatoms. The summed E-state index contributed by atoms with van der Waals surface area (Å²) in [5.74, 6) is -1.34. The number of hydrogen-bond acceptors (Lipinski definition) is 4. The van der Waals surface area contributed by atoms with Crippen LogP contribution in [0.1, 0.15) is 17.3 Å². The van der Waals surface area contributed by atoms with Gasteiger partial charge in [-0.15, -0.1) is 0 Å². The maximum Gasteiger partial charge on any atom is 0.335 e. The largest absolute Gasteiger partial charge is 0.478 e. The summed E-state index contributed by atoms with van der Waals surface area (Å²) in [5.41, 5.74) is 5.57. The van der Waals surface area contributed by atoms with Crippen molar-refractivity contribution in [1.82, 2.24) is 0 Å². The summed E-state index contributed by atoms with van der Waals surface area (Å²) in [7, 11) is 0. The van der Waals surface area contributed by atoms with E-state index >= 15 is 0 Å². The third-order valence-electron chi connectivity index (χ3n) is 3.44. The number of carbonyl (C=O) groups is 2. The fraction of sp³-hybridized carbons (Fsp3) is 0.385. The number of nitrogens with one attached hydrogen (secondary N) is 1. The normalized spacial score (nSPS) is 25.4. The van der Waals surface area contributed by atoms with E-state index in [1.165, 1.54) is 12.1 Å². The Hall–Kier alpha value is -1.44. The SMILES string of the molecule is CC1(C(=O)Nc2cc(Br)cc(C(=O)O)c2)COCC1N. The van der Waals surface area contributed by atoms with Gasteiger partial charge in [0.15, 0.2) is 0 Å². The zero-order valence-corrected chi connectivity index (χ0v) is 12.4. The van der Waals surface area contributed by atoms with Crippen LogP contribution < -0.4 is 11.1 Å². The number of nitrogens with two attached hydrogens (primary N) is 1. The smallest absolute Gasteiger partial charge is 0.335 e. The number of ether oxygens (including phenoxy) is 1. The highest BCUT2D eigenvalue weighted by atomic mass is 79.9. The van der Waals surface area contributed by atoms with Gasteiger partial charge in [-0.25, -0.2) is 4.79 Å². The van der Waals surface area contributed by atoms with E-state index in [-0.39, 0.29) is 24.1 Å². The van der Waals surface area contributed by atoms with Crippen LogP contribution in [-0.4, -0.2) is 36.2 Å². The van der Waals surface area contributed by atoms with E-state index in [1.807, 2.05) is 0 Å². The molecule has 20 heavy (non-hydrogen) atoms. The number of halogens is 1. The number of carbonyl (C=O) groups excluding carboxylic acids is 1. The molecule has 0 bridgehead atoms. The standard InChI is InChI=1S/C13H15BrN2O4/c1-13(6-20-5-10(13)15)12(19)16-9-3-7(11(17)18)2-8(14)4-9/h2-4,10H,5-6,15H2,1H3,(H,16,19)(H,17,18). The Kier molecular flexibility index (Phi) is 4.12. The summed E-state index contributed by atoms with van der Waals surface area (Å²) >= 11 is 3.22. The number of hydrogen-bond donors (Lipinski definition) is 3. The van der Waals surface area contributed by atoms with E-state index in [9.17, 15) is 9.59 Å². The van der Waals surface area contributed by atoms with Gasteiger partial charge in [0.05, 0.1) is 24.2 Å². The number of anilines is 1. The predicted octanol–water partition coefficient (Wildman–Crippen LogP) is 1.45. The fourth-order valence-corrected chi connectivity index (χ4v) is 2.48. The van der Waals surface area contributed by atoms with Gasteiger partial charge in [0.25, 0.3) is 0 Å². The zero-order chi connectivity index (χ0) is 14.9. The molecule has 1 aromatic rings. The lowest BCUT2D eigenvalue weighted by Gasteiger charge is -2.25. The molecule has 1 aliphatic heterocycles. The molecule has 2 atom stereocenters. The van der Waals surface area contributed by atoms with E-state index in [4.69, 9.17) is 15.6 Å². The van der Waals surface area contributed by atoms with Crippen LogP contribution in [0, 0.1) is 5.41 Å². The van der Waals surface area contributed by atoms with E-state index in [2.05, 4.69) is 21.2 Å². The third-order valence-corrected chi connectivity index (χ3v) is 3.90. The van der Waals surface area contributed by atoms with Crippen molar-refractivity contribution in [3.8, 4) is 0 Å². The molecular formula is C13H15BrN2O4. The van der Waals surface area contributed by atoms with Gasteiger partial charge in [-0.2, -0.15) is 0 Å². The van der Waals surface area contributed by atoms with Crippen LogP contribution in [0.5, 0.6) is 0 Å². The fourth-order valence-electron chi connectivity index (χ4n) is 1.98. The minimum atomic E-state index is -1.06. The van der Waals surface area contributed by atoms with Crippen molar-refractivity contribution >= 4 is 33.5 Å². The monoisotopic (exact) mass is 342 g/mol. The first-order chi connectivity index (χ1) is 9.33. The summed E-state index contributed by atoms with van der Waals surface area (Å²) < 4.78 is 5.80. The average molecular weight is 343 g/mol. The molecule has 1 amide bonds. The van der Waals surface area contributed by atoms with E-state index in [1.54, 1.807) is 13.0 Å². The highest BCUT2D eigenvalue weighted by Crippen LogP contribution is 2.29. The Bertz CT molecular complexity index is 563. The van der Waals surface area contributed by atoms with Crippen LogP contribution in [0.15, 0.2) is 22.7 Å². The van der Waals surface area contributed by atoms with Gasteiger partial charge < -0.3 is 20.9 Å². The Balaban J connectivity index is 2.22. The molecule has 0 aromatic heterocycles. The number of benzene rings is 1. The van der Waals surface area contributed by atoms with Gasteiger partial charge in [0.1, 0.15) is 0 Å². The van der Waals surface area contributed by atoms with Crippen LogP contribution in [0.2, 0.25) is 0 Å². The minimum absolute atomic E-state index is 0.0896. The molecule has 0 saturated carbocycles. The third kappa shape index (κ3) is 2.84. The number of rotatable bonds is 3. The Morgan fingerprint density at radius 2 is 2.20 bits per heavy atom. The van der Waals surface area contributed by atoms with Crippen LogP contribution in [0.4, 0.5) is 5.69 Å². The summed E-state index contributed by atoms with van der Waals surface area (Å²) in [5, 5.41) is 11.7. The molecule has 1 fully saturated rings. The molecule has 0 aliphatic carbocycles. The van der Waals surface area contributed by atoms with Crippen LogP contribution in [-0.2, 0) is 9.53 Å². The van der Waals surface area contributed by atoms with E-state index in [0.29, 0.717) is 16.8 Å². The Morgan fingerprint density at radius 1 is 1.50 bits per heavy atom. The lowest BCUT2D eigenvalue weighted by atomic mass is 9.85. The van der Waals surface area contributed by atoms with Gasteiger partial charge in [0.2, 0.25) is 5.91 Å². The second kappa shape index (κ2) is 5.51. The average Bonchev–Trinajstić information content (AvgIpc) is 2.70. The second-order valence-electron chi connectivity index (χ2n) is 5.03. The topological polar surface area (TPSA) is 102 Å². The molecule has 6 nitrogen and oxygen atoms in total. The van der Waals surface area contributed by atoms with Gasteiger partial charge in [-0.05, 0) is 25.1 Å². The van der Waals surface area contributed by atoms with Crippen molar-refractivity contribution < 1.29 is 19.4 Å². The number of carboxylic acids is 1. The Labute approximate surface area is 124 Å². The van der Waals surface area contributed by atoms with Crippen molar-refractivity contribution in [2.45, 2.75) is 13.0 Å². The molecular weight excluding hydrogens is 328 g/mol. The molecule has 1 saturated heterocycles. The summed E-state index contributed by atoms with van der Waals surface area (Å²) in [6.45, 7) is 2.32. The van der Waals surface area contributed by atoms with Crippen molar-refractivity contribution in [2.75, 3.05) is 18.5 Å². The predicted molar refractivity (Wildman–Crippen MR) is 76.6 cm³/mol. The number of carboxylic acid groups (broad SMARTS) is 1. The van der Waals surface area contributed by atoms with E-state index < -0.39 is 11.4 Å². The second-order valence-corrected chi connectivity index (χ2v) is 5.94.